The van der Waals surface area contributed by atoms with Crippen LogP contribution in [-0.4, -0.2) is 39.0 Å². The molecular weight excluding hydrogens is 190 g/mol. The first-order valence-electron chi connectivity index (χ1n) is 6.33. The van der Waals surface area contributed by atoms with Crippen LogP contribution in [0.5, 0.6) is 0 Å². The van der Waals surface area contributed by atoms with E-state index >= 15 is 0 Å². The predicted octanol–water partition coefficient (Wildman–Crippen LogP) is 1.96. The minimum absolute atomic E-state index is 0.465. The van der Waals surface area contributed by atoms with Gasteiger partial charge in [0.1, 0.15) is 0 Å². The van der Waals surface area contributed by atoms with Crippen LogP contribution in [0.4, 0.5) is 0 Å². The summed E-state index contributed by atoms with van der Waals surface area (Å²) in [5.41, 5.74) is 0. The Morgan fingerprint density at radius 1 is 1.20 bits per heavy atom. The molecule has 15 heavy (non-hydrogen) atoms. The number of ether oxygens (including phenoxy) is 2. The molecule has 1 aliphatic heterocycles. The zero-order chi connectivity index (χ0) is 10.8. The van der Waals surface area contributed by atoms with E-state index < -0.39 is 0 Å². The Morgan fingerprint density at radius 3 is 2.73 bits per heavy atom. The maximum atomic E-state index is 5.79. The second kappa shape index (κ2) is 9.13. The smallest absolute Gasteiger partial charge is 0.0619 e. The van der Waals surface area contributed by atoms with Crippen molar-refractivity contribution in [2.45, 2.75) is 45.1 Å². The van der Waals surface area contributed by atoms with Gasteiger partial charge in [-0.15, -0.1) is 0 Å². The summed E-state index contributed by atoms with van der Waals surface area (Å²) < 4.78 is 11.1. The van der Waals surface area contributed by atoms with E-state index in [1.54, 1.807) is 0 Å². The second-order valence-electron chi connectivity index (χ2n) is 4.10. The Bertz CT molecular complexity index is 136. The highest BCUT2D eigenvalue weighted by atomic mass is 16.5. The lowest BCUT2D eigenvalue weighted by atomic mass is 10.1. The van der Waals surface area contributed by atoms with Crippen LogP contribution in [0.3, 0.4) is 0 Å². The third-order valence-electron chi connectivity index (χ3n) is 2.77. The van der Waals surface area contributed by atoms with Crippen molar-refractivity contribution >= 4 is 0 Å². The summed E-state index contributed by atoms with van der Waals surface area (Å²) >= 11 is 0. The van der Waals surface area contributed by atoms with Crippen molar-refractivity contribution in [3.05, 3.63) is 0 Å². The lowest BCUT2D eigenvalue weighted by molar-refractivity contribution is -0.0326. The quantitative estimate of drug-likeness (QED) is 0.628. The third kappa shape index (κ3) is 6.88. The van der Waals surface area contributed by atoms with Crippen molar-refractivity contribution in [1.29, 1.82) is 0 Å². The van der Waals surface area contributed by atoms with Gasteiger partial charge in [0.15, 0.2) is 0 Å². The standard InChI is InChI=1S/C12H25NO2/c1-2-13-8-4-3-5-9-15-12-6-10-14-11-7-12/h12-13H,2-11H2,1H3. The van der Waals surface area contributed by atoms with Crippen molar-refractivity contribution in [3.8, 4) is 0 Å². The molecule has 0 bridgehead atoms. The summed E-state index contributed by atoms with van der Waals surface area (Å²) in [6.07, 6.45) is 6.37. The van der Waals surface area contributed by atoms with E-state index in [1.165, 1.54) is 19.3 Å². The van der Waals surface area contributed by atoms with E-state index in [2.05, 4.69) is 12.2 Å². The van der Waals surface area contributed by atoms with Crippen LogP contribution in [-0.2, 0) is 9.47 Å². The van der Waals surface area contributed by atoms with Crippen LogP contribution in [0.15, 0.2) is 0 Å². The molecule has 3 heteroatoms. The summed E-state index contributed by atoms with van der Waals surface area (Å²) in [6, 6.07) is 0. The molecule has 3 nitrogen and oxygen atoms in total. The maximum absolute atomic E-state index is 5.79. The van der Waals surface area contributed by atoms with Gasteiger partial charge in [-0.25, -0.2) is 0 Å². The van der Waals surface area contributed by atoms with Crippen LogP contribution >= 0.6 is 0 Å². The predicted molar refractivity (Wildman–Crippen MR) is 62.2 cm³/mol. The van der Waals surface area contributed by atoms with E-state index in [1.807, 2.05) is 0 Å². The summed E-state index contributed by atoms with van der Waals surface area (Å²) in [7, 11) is 0. The fourth-order valence-corrected chi connectivity index (χ4v) is 1.80. The minimum Gasteiger partial charge on any atom is -0.381 e. The molecule has 1 aliphatic rings. The first-order chi connectivity index (χ1) is 7.43. The van der Waals surface area contributed by atoms with Gasteiger partial charge in [0.05, 0.1) is 6.10 Å². The highest BCUT2D eigenvalue weighted by molar-refractivity contribution is 4.62. The molecule has 1 rings (SSSR count). The Labute approximate surface area is 93.5 Å². The van der Waals surface area contributed by atoms with Crippen molar-refractivity contribution in [3.63, 3.8) is 0 Å². The number of unbranched alkanes of at least 4 members (excludes halogenated alkanes) is 2. The minimum atomic E-state index is 0.465. The third-order valence-corrected chi connectivity index (χ3v) is 2.77. The van der Waals surface area contributed by atoms with Gasteiger partial charge in [-0.3, -0.25) is 0 Å². The molecule has 0 saturated carbocycles. The van der Waals surface area contributed by atoms with Gasteiger partial charge in [-0.2, -0.15) is 0 Å². The largest absolute Gasteiger partial charge is 0.381 e. The highest BCUT2D eigenvalue weighted by Gasteiger charge is 2.13. The molecule has 0 unspecified atom stereocenters. The van der Waals surface area contributed by atoms with E-state index in [-0.39, 0.29) is 0 Å². The Balaban J connectivity index is 1.79. The Morgan fingerprint density at radius 2 is 2.00 bits per heavy atom. The lowest BCUT2D eigenvalue weighted by Crippen LogP contribution is -2.23. The molecule has 0 radical (unpaired) electrons. The average molecular weight is 215 g/mol. The van der Waals surface area contributed by atoms with E-state index in [9.17, 15) is 0 Å². The van der Waals surface area contributed by atoms with E-state index in [4.69, 9.17) is 9.47 Å². The number of hydrogen-bond donors (Lipinski definition) is 1. The molecule has 1 fully saturated rings. The zero-order valence-corrected chi connectivity index (χ0v) is 9.96. The molecule has 0 atom stereocenters. The lowest BCUT2D eigenvalue weighted by Gasteiger charge is -2.22. The van der Waals surface area contributed by atoms with Gasteiger partial charge in [0.2, 0.25) is 0 Å². The summed E-state index contributed by atoms with van der Waals surface area (Å²) in [5.74, 6) is 0. The van der Waals surface area contributed by atoms with Crippen molar-refractivity contribution in [2.24, 2.45) is 0 Å². The Hall–Kier alpha value is -0.120. The number of hydrogen-bond acceptors (Lipinski definition) is 3. The van der Waals surface area contributed by atoms with Gasteiger partial charge in [-0.05, 0) is 45.2 Å². The number of nitrogens with one attached hydrogen (secondary N) is 1. The molecule has 0 aromatic rings. The molecule has 1 heterocycles. The van der Waals surface area contributed by atoms with Gasteiger partial charge in [-0.1, -0.05) is 6.92 Å². The molecule has 1 saturated heterocycles. The second-order valence-corrected chi connectivity index (χ2v) is 4.10. The van der Waals surface area contributed by atoms with Crippen LogP contribution in [0.1, 0.15) is 39.0 Å². The SMILES string of the molecule is CCNCCCCCOC1CCOCC1. The molecule has 0 aromatic heterocycles. The van der Waals surface area contributed by atoms with Gasteiger partial charge < -0.3 is 14.8 Å². The average Bonchev–Trinajstić information content (AvgIpc) is 2.29. The normalized spacial score (nSPS) is 18.2. The van der Waals surface area contributed by atoms with Crippen molar-refractivity contribution in [2.75, 3.05) is 32.9 Å². The van der Waals surface area contributed by atoms with Gasteiger partial charge >= 0.3 is 0 Å². The molecular formula is C12H25NO2. The maximum Gasteiger partial charge on any atom is 0.0619 e. The van der Waals surface area contributed by atoms with Gasteiger partial charge in [0.25, 0.3) is 0 Å². The van der Waals surface area contributed by atoms with Crippen molar-refractivity contribution < 1.29 is 9.47 Å². The van der Waals surface area contributed by atoms with E-state index in [0.29, 0.717) is 6.10 Å². The first-order valence-corrected chi connectivity index (χ1v) is 6.33. The van der Waals surface area contributed by atoms with Crippen LogP contribution in [0, 0.1) is 0 Å². The van der Waals surface area contributed by atoms with E-state index in [0.717, 1.165) is 45.8 Å². The molecule has 90 valence electrons. The van der Waals surface area contributed by atoms with Gasteiger partial charge in [0, 0.05) is 19.8 Å². The first kappa shape index (κ1) is 12.9. The summed E-state index contributed by atoms with van der Waals surface area (Å²) in [5, 5.41) is 3.33. The number of rotatable bonds is 8. The van der Waals surface area contributed by atoms with Crippen molar-refractivity contribution in [1.82, 2.24) is 5.32 Å². The molecule has 0 aromatic carbocycles. The highest BCUT2D eigenvalue weighted by Crippen LogP contribution is 2.11. The summed E-state index contributed by atoms with van der Waals surface area (Å²) in [4.78, 5) is 0. The fraction of sp³-hybridized carbons (Fsp3) is 1.00. The fourth-order valence-electron chi connectivity index (χ4n) is 1.80. The summed E-state index contributed by atoms with van der Waals surface area (Å²) in [6.45, 7) is 7.06. The topological polar surface area (TPSA) is 30.5 Å². The monoisotopic (exact) mass is 215 g/mol. The van der Waals surface area contributed by atoms with Crippen LogP contribution < -0.4 is 5.32 Å². The van der Waals surface area contributed by atoms with Crippen LogP contribution in [0.25, 0.3) is 0 Å². The Kier molecular flexibility index (Phi) is 7.88. The molecule has 1 N–H and O–H groups in total. The molecule has 0 aliphatic carbocycles. The zero-order valence-electron chi connectivity index (χ0n) is 9.96. The molecule has 0 amide bonds. The van der Waals surface area contributed by atoms with Crippen LogP contribution in [0.2, 0.25) is 0 Å². The molecule has 0 spiro atoms.